The van der Waals surface area contributed by atoms with Gasteiger partial charge in [-0.3, -0.25) is 4.72 Å². The van der Waals surface area contributed by atoms with Gasteiger partial charge in [0.2, 0.25) is 0 Å². The maximum Gasteiger partial charge on any atom is 0.398 e. The van der Waals surface area contributed by atoms with Crippen molar-refractivity contribution >= 4 is 27.5 Å². The molecule has 2 aromatic rings. The number of aryl methyl sites for hydroxylation is 2. The molecule has 1 heterocycles. The Morgan fingerprint density at radius 3 is 2.48 bits per heavy atom. The van der Waals surface area contributed by atoms with E-state index >= 15 is 0 Å². The summed E-state index contributed by atoms with van der Waals surface area (Å²) in [6, 6.07) is 5.88. The van der Waals surface area contributed by atoms with Crippen LogP contribution in [0.3, 0.4) is 0 Å². The van der Waals surface area contributed by atoms with Crippen molar-refractivity contribution in [2.75, 3.05) is 10.5 Å². The summed E-state index contributed by atoms with van der Waals surface area (Å²) in [5.41, 5.74) is 0.247. The van der Waals surface area contributed by atoms with Gasteiger partial charge >= 0.3 is 6.18 Å². The van der Waals surface area contributed by atoms with Gasteiger partial charge in [0.15, 0.2) is 10.7 Å². The van der Waals surface area contributed by atoms with Gasteiger partial charge in [-0.2, -0.15) is 13.2 Å². The first kappa shape index (κ1) is 17.7. The minimum atomic E-state index is -4.35. The number of aromatic nitrogens is 1. The molecule has 0 aliphatic rings. The molecule has 1 aromatic carbocycles. The molecule has 5 nitrogen and oxygen atoms in total. The summed E-state index contributed by atoms with van der Waals surface area (Å²) in [6.45, 7) is 2.91. The van der Waals surface area contributed by atoms with E-state index in [1.165, 1.54) is 38.1 Å². The molecule has 2 rings (SSSR count). The molecule has 23 heavy (non-hydrogen) atoms. The summed E-state index contributed by atoms with van der Waals surface area (Å²) < 4.78 is 69.0. The van der Waals surface area contributed by atoms with Crippen LogP contribution in [0.1, 0.15) is 11.5 Å². The molecule has 0 saturated carbocycles. The maximum atomic E-state index is 12.4. The Kier molecular flexibility index (Phi) is 4.95. The van der Waals surface area contributed by atoms with Gasteiger partial charge < -0.3 is 4.52 Å². The highest BCUT2D eigenvalue weighted by molar-refractivity contribution is 7.99. The molecule has 0 atom stereocenters. The van der Waals surface area contributed by atoms with Gasteiger partial charge in [-0.15, -0.1) is 11.8 Å². The van der Waals surface area contributed by atoms with Crippen LogP contribution in [-0.2, 0) is 10.0 Å². The van der Waals surface area contributed by atoms with Gasteiger partial charge in [0.1, 0.15) is 5.69 Å². The summed E-state index contributed by atoms with van der Waals surface area (Å²) in [5, 5.41) is 3.57. The Morgan fingerprint density at radius 1 is 1.26 bits per heavy atom. The van der Waals surface area contributed by atoms with Crippen molar-refractivity contribution in [2.24, 2.45) is 0 Å². The predicted octanol–water partition coefficient (Wildman–Crippen LogP) is 3.75. The van der Waals surface area contributed by atoms with Crippen LogP contribution in [0, 0.1) is 13.8 Å². The Bertz CT molecular complexity index is 782. The van der Waals surface area contributed by atoms with Crippen molar-refractivity contribution in [3.63, 3.8) is 0 Å². The average Bonchev–Trinajstić information content (AvgIpc) is 2.76. The third-order valence-electron chi connectivity index (χ3n) is 2.76. The molecule has 0 amide bonds. The summed E-state index contributed by atoms with van der Waals surface area (Å²) >= 11 is 0.509. The second-order valence-electron chi connectivity index (χ2n) is 4.66. The van der Waals surface area contributed by atoms with Crippen molar-refractivity contribution in [2.45, 2.75) is 29.8 Å². The third-order valence-corrected chi connectivity index (χ3v) is 5.51. The standard InChI is InChI=1S/C13H13F3N2O3S2/c1-8-12(9(2)21-17-8)23(19,20)18-10-5-3-4-6-11(10)22-7-13(14,15)16/h3-6,18H,7H2,1-2H3. The first-order chi connectivity index (χ1) is 10.6. The normalized spacial score (nSPS) is 12.4. The minimum Gasteiger partial charge on any atom is -0.360 e. The molecule has 0 bridgehead atoms. The molecule has 0 fully saturated rings. The zero-order valence-corrected chi connectivity index (χ0v) is 13.8. The molecular weight excluding hydrogens is 353 g/mol. The molecule has 126 valence electrons. The SMILES string of the molecule is Cc1noc(C)c1S(=O)(=O)Nc1ccccc1SCC(F)(F)F. The number of anilines is 1. The van der Waals surface area contributed by atoms with Gasteiger partial charge in [-0.1, -0.05) is 17.3 Å². The van der Waals surface area contributed by atoms with Crippen molar-refractivity contribution in [3.05, 3.63) is 35.7 Å². The van der Waals surface area contributed by atoms with Gasteiger partial charge in [-0.25, -0.2) is 8.42 Å². The summed E-state index contributed by atoms with van der Waals surface area (Å²) in [6.07, 6.45) is -4.35. The second kappa shape index (κ2) is 6.44. The number of halogens is 3. The number of benzene rings is 1. The molecule has 0 aliphatic heterocycles. The molecule has 0 unspecified atom stereocenters. The monoisotopic (exact) mass is 366 g/mol. The number of nitrogens with one attached hydrogen (secondary N) is 1. The summed E-state index contributed by atoms with van der Waals surface area (Å²) in [4.78, 5) is 0.0632. The number of para-hydroxylation sites is 1. The number of nitrogens with zero attached hydrogens (tertiary/aromatic N) is 1. The van der Waals surface area contributed by atoms with Crippen molar-refractivity contribution in [1.29, 1.82) is 0 Å². The topological polar surface area (TPSA) is 72.2 Å². The highest BCUT2D eigenvalue weighted by Gasteiger charge is 2.29. The molecule has 10 heteroatoms. The van der Waals surface area contributed by atoms with Crippen molar-refractivity contribution in [1.82, 2.24) is 5.16 Å². The van der Waals surface area contributed by atoms with Crippen molar-refractivity contribution < 1.29 is 26.1 Å². The zero-order valence-electron chi connectivity index (χ0n) is 12.1. The Labute approximate surface area is 135 Å². The molecule has 0 radical (unpaired) electrons. The third kappa shape index (κ3) is 4.41. The maximum absolute atomic E-state index is 12.4. The van der Waals surface area contributed by atoms with Crippen LogP contribution < -0.4 is 4.72 Å². The fourth-order valence-electron chi connectivity index (χ4n) is 1.89. The Morgan fingerprint density at radius 2 is 1.91 bits per heavy atom. The first-order valence-electron chi connectivity index (χ1n) is 6.34. The van der Waals surface area contributed by atoms with Gasteiger partial charge in [-0.05, 0) is 26.0 Å². The van der Waals surface area contributed by atoms with E-state index in [1.54, 1.807) is 0 Å². The first-order valence-corrected chi connectivity index (χ1v) is 8.81. The van der Waals surface area contributed by atoms with E-state index in [9.17, 15) is 21.6 Å². The molecule has 0 saturated heterocycles. The second-order valence-corrected chi connectivity index (χ2v) is 7.30. The molecule has 1 N–H and O–H groups in total. The minimum absolute atomic E-state index is 0.0711. The summed E-state index contributed by atoms with van der Waals surface area (Å²) in [7, 11) is -4.01. The number of hydrogen-bond donors (Lipinski definition) is 1. The fourth-order valence-corrected chi connectivity index (χ4v) is 4.14. The molecular formula is C13H13F3N2O3S2. The van der Waals surface area contributed by atoms with Crippen LogP contribution in [0.25, 0.3) is 0 Å². The van der Waals surface area contributed by atoms with Crippen molar-refractivity contribution in [3.8, 4) is 0 Å². The number of hydrogen-bond acceptors (Lipinski definition) is 5. The lowest BCUT2D eigenvalue weighted by molar-refractivity contribution is -0.105. The molecule has 0 spiro atoms. The quantitative estimate of drug-likeness (QED) is 0.816. The lowest BCUT2D eigenvalue weighted by Gasteiger charge is -2.13. The van der Waals surface area contributed by atoms with E-state index in [2.05, 4.69) is 9.88 Å². The Balaban J connectivity index is 2.30. The zero-order chi connectivity index (χ0) is 17.3. The number of alkyl halides is 3. The molecule has 0 aliphatic carbocycles. The molecule has 1 aromatic heterocycles. The van der Waals surface area contributed by atoms with Gasteiger partial charge in [0.05, 0.1) is 11.4 Å². The predicted molar refractivity (Wildman–Crippen MR) is 80.0 cm³/mol. The van der Waals surface area contributed by atoms with Gasteiger partial charge in [0, 0.05) is 4.90 Å². The van der Waals surface area contributed by atoms with Crippen LogP contribution in [0.4, 0.5) is 18.9 Å². The van der Waals surface area contributed by atoms with Gasteiger partial charge in [0.25, 0.3) is 10.0 Å². The largest absolute Gasteiger partial charge is 0.398 e. The fraction of sp³-hybridized carbons (Fsp3) is 0.308. The summed E-state index contributed by atoms with van der Waals surface area (Å²) in [5.74, 6) is -1.01. The highest BCUT2D eigenvalue weighted by Crippen LogP contribution is 2.33. The van der Waals surface area contributed by atoms with E-state index in [4.69, 9.17) is 4.52 Å². The number of thioether (sulfide) groups is 1. The van der Waals surface area contributed by atoms with Crippen LogP contribution in [0.2, 0.25) is 0 Å². The smallest absolute Gasteiger partial charge is 0.360 e. The Hall–Kier alpha value is -1.68. The van der Waals surface area contributed by atoms with Crippen LogP contribution in [0.15, 0.2) is 38.6 Å². The van der Waals surface area contributed by atoms with E-state index in [0.29, 0.717) is 11.8 Å². The number of rotatable bonds is 5. The van der Waals surface area contributed by atoms with E-state index in [0.717, 1.165) is 0 Å². The van der Waals surface area contributed by atoms with E-state index in [1.807, 2.05) is 0 Å². The van der Waals surface area contributed by atoms with E-state index < -0.39 is 22.0 Å². The lowest BCUT2D eigenvalue weighted by Crippen LogP contribution is -2.15. The highest BCUT2D eigenvalue weighted by atomic mass is 32.2. The van der Waals surface area contributed by atoms with Crippen LogP contribution >= 0.6 is 11.8 Å². The van der Waals surface area contributed by atoms with E-state index in [-0.39, 0.29) is 26.9 Å². The van der Waals surface area contributed by atoms with Crippen LogP contribution in [-0.4, -0.2) is 25.5 Å². The number of sulfonamides is 1. The van der Waals surface area contributed by atoms with Crippen LogP contribution in [0.5, 0.6) is 0 Å². The average molecular weight is 366 g/mol. The lowest BCUT2D eigenvalue weighted by atomic mass is 10.3.